The van der Waals surface area contributed by atoms with Crippen molar-refractivity contribution in [3.8, 4) is 0 Å². The Morgan fingerprint density at radius 2 is 2.39 bits per heavy atom. The monoisotopic (exact) mass is 284 g/mol. The second kappa shape index (κ2) is 5.84. The van der Waals surface area contributed by atoms with Crippen molar-refractivity contribution in [1.29, 1.82) is 0 Å². The minimum absolute atomic E-state index is 0.0256. The zero-order chi connectivity index (χ0) is 13.1. The normalized spacial score (nSPS) is 12.9. The van der Waals surface area contributed by atoms with Crippen LogP contribution in [0.15, 0.2) is 17.5 Å². The van der Waals surface area contributed by atoms with Crippen molar-refractivity contribution in [2.24, 2.45) is 12.9 Å². The highest BCUT2D eigenvalue weighted by Gasteiger charge is 2.17. The third kappa shape index (κ3) is 2.75. The lowest BCUT2D eigenvalue weighted by atomic mass is 10.1. The number of hydrazine groups is 1. The second-order valence-corrected chi connectivity index (χ2v) is 5.52. The molecule has 1 atom stereocenters. The number of hydrogen-bond acceptors (Lipinski definition) is 4. The molecule has 0 spiro atoms. The van der Waals surface area contributed by atoms with Crippen LogP contribution in [-0.2, 0) is 19.9 Å². The van der Waals surface area contributed by atoms with Crippen LogP contribution in [0.3, 0.4) is 0 Å². The maximum atomic E-state index is 6.14. The Morgan fingerprint density at radius 1 is 1.61 bits per heavy atom. The standard InChI is InChI=1S/C12H17ClN4S/c1-3-8-6-9(17(2)16-8)7-11(15-14)12-10(13)4-5-18-12/h4-6,11,15H,3,7,14H2,1-2H3. The fraction of sp³-hybridized carbons (Fsp3) is 0.417. The molecule has 4 nitrogen and oxygen atoms in total. The van der Waals surface area contributed by atoms with Gasteiger partial charge in [0.2, 0.25) is 0 Å². The van der Waals surface area contributed by atoms with Crippen molar-refractivity contribution in [2.45, 2.75) is 25.8 Å². The summed E-state index contributed by atoms with van der Waals surface area (Å²) in [6, 6.07) is 4.04. The number of aryl methyl sites for hydroxylation is 2. The quantitative estimate of drug-likeness (QED) is 0.655. The van der Waals surface area contributed by atoms with Crippen LogP contribution < -0.4 is 11.3 Å². The molecule has 2 heterocycles. The maximum absolute atomic E-state index is 6.14. The van der Waals surface area contributed by atoms with Crippen LogP contribution in [0.1, 0.15) is 29.2 Å². The molecule has 0 aliphatic heterocycles. The van der Waals surface area contributed by atoms with Crippen LogP contribution in [0.2, 0.25) is 5.02 Å². The molecule has 0 aromatic carbocycles. The molecule has 3 N–H and O–H groups in total. The van der Waals surface area contributed by atoms with E-state index in [0.29, 0.717) is 0 Å². The molecule has 2 aromatic rings. The minimum atomic E-state index is 0.0256. The zero-order valence-electron chi connectivity index (χ0n) is 10.5. The first-order valence-corrected chi connectivity index (χ1v) is 7.12. The van der Waals surface area contributed by atoms with Gasteiger partial charge in [0.25, 0.3) is 0 Å². The Bertz CT molecular complexity index is 520. The first-order valence-electron chi connectivity index (χ1n) is 5.86. The molecule has 2 aromatic heterocycles. The van der Waals surface area contributed by atoms with E-state index in [0.717, 1.165) is 34.1 Å². The van der Waals surface area contributed by atoms with E-state index in [9.17, 15) is 0 Å². The van der Waals surface area contributed by atoms with Gasteiger partial charge in [0.05, 0.1) is 16.8 Å². The van der Waals surface area contributed by atoms with Crippen molar-refractivity contribution >= 4 is 22.9 Å². The average molecular weight is 285 g/mol. The number of nitrogens with one attached hydrogen (secondary N) is 1. The molecule has 0 saturated carbocycles. The molecule has 0 aliphatic rings. The smallest absolute Gasteiger partial charge is 0.0624 e. The molecule has 0 radical (unpaired) electrons. The Labute approximate surface area is 116 Å². The summed E-state index contributed by atoms with van der Waals surface area (Å²) in [7, 11) is 1.96. The van der Waals surface area contributed by atoms with E-state index in [1.54, 1.807) is 11.3 Å². The van der Waals surface area contributed by atoms with E-state index in [1.807, 2.05) is 23.2 Å². The highest BCUT2D eigenvalue weighted by molar-refractivity contribution is 7.10. The highest BCUT2D eigenvalue weighted by Crippen LogP contribution is 2.30. The van der Waals surface area contributed by atoms with Gasteiger partial charge in [0.15, 0.2) is 0 Å². The second-order valence-electron chi connectivity index (χ2n) is 4.16. The maximum Gasteiger partial charge on any atom is 0.0624 e. The largest absolute Gasteiger partial charge is 0.272 e. The van der Waals surface area contributed by atoms with Crippen LogP contribution in [-0.4, -0.2) is 9.78 Å². The van der Waals surface area contributed by atoms with Crippen LogP contribution in [0.25, 0.3) is 0 Å². The van der Waals surface area contributed by atoms with Crippen molar-refractivity contribution in [2.75, 3.05) is 0 Å². The van der Waals surface area contributed by atoms with Gasteiger partial charge in [-0.2, -0.15) is 5.10 Å². The average Bonchev–Trinajstić information content (AvgIpc) is 2.93. The number of aromatic nitrogens is 2. The summed E-state index contributed by atoms with van der Waals surface area (Å²) in [6.07, 6.45) is 1.72. The van der Waals surface area contributed by atoms with Gasteiger partial charge in [0.1, 0.15) is 0 Å². The van der Waals surface area contributed by atoms with E-state index < -0.39 is 0 Å². The summed E-state index contributed by atoms with van der Waals surface area (Å²) in [4.78, 5) is 1.07. The summed E-state index contributed by atoms with van der Waals surface area (Å²) < 4.78 is 1.91. The predicted octanol–water partition coefficient (Wildman–Crippen LogP) is 2.44. The fourth-order valence-corrected chi connectivity index (χ4v) is 3.18. The first-order chi connectivity index (χ1) is 8.65. The van der Waals surface area contributed by atoms with Crippen molar-refractivity contribution < 1.29 is 0 Å². The zero-order valence-corrected chi connectivity index (χ0v) is 12.1. The van der Waals surface area contributed by atoms with Gasteiger partial charge in [0, 0.05) is 24.0 Å². The van der Waals surface area contributed by atoms with Crippen molar-refractivity contribution in [3.63, 3.8) is 0 Å². The van der Waals surface area contributed by atoms with Gasteiger partial charge in [-0.3, -0.25) is 16.0 Å². The van der Waals surface area contributed by atoms with Crippen LogP contribution >= 0.6 is 22.9 Å². The predicted molar refractivity (Wildman–Crippen MR) is 75.7 cm³/mol. The molecule has 98 valence electrons. The fourth-order valence-electron chi connectivity index (χ4n) is 1.93. The van der Waals surface area contributed by atoms with Gasteiger partial charge in [-0.15, -0.1) is 11.3 Å². The molecule has 1 unspecified atom stereocenters. The van der Waals surface area contributed by atoms with Crippen LogP contribution in [0.4, 0.5) is 0 Å². The number of hydrogen-bond donors (Lipinski definition) is 2. The Kier molecular flexibility index (Phi) is 4.40. The molecule has 2 rings (SSSR count). The summed E-state index contributed by atoms with van der Waals surface area (Å²) >= 11 is 7.76. The van der Waals surface area contributed by atoms with Gasteiger partial charge < -0.3 is 0 Å². The van der Waals surface area contributed by atoms with Gasteiger partial charge >= 0.3 is 0 Å². The Balaban J connectivity index is 2.20. The van der Waals surface area contributed by atoms with Gasteiger partial charge in [-0.25, -0.2) is 0 Å². The van der Waals surface area contributed by atoms with Crippen LogP contribution in [0.5, 0.6) is 0 Å². The molecular formula is C12H17ClN4S. The molecule has 0 saturated heterocycles. The lowest BCUT2D eigenvalue weighted by molar-refractivity contribution is 0.537. The molecule has 0 bridgehead atoms. The topological polar surface area (TPSA) is 55.9 Å². The lowest BCUT2D eigenvalue weighted by Gasteiger charge is -2.14. The molecule has 6 heteroatoms. The number of nitrogens with zero attached hydrogens (tertiary/aromatic N) is 2. The molecule has 0 amide bonds. The van der Waals surface area contributed by atoms with E-state index in [2.05, 4.69) is 23.5 Å². The van der Waals surface area contributed by atoms with Crippen molar-refractivity contribution in [3.05, 3.63) is 38.8 Å². The first kappa shape index (κ1) is 13.5. The molecule has 0 fully saturated rings. The van der Waals surface area contributed by atoms with Gasteiger partial charge in [-0.05, 0) is 23.9 Å². The molecule has 18 heavy (non-hydrogen) atoms. The summed E-state index contributed by atoms with van der Waals surface area (Å²) in [5, 5.41) is 7.18. The number of rotatable bonds is 5. The summed E-state index contributed by atoms with van der Waals surface area (Å²) in [5.41, 5.74) is 5.08. The number of thiophene rings is 1. The third-order valence-electron chi connectivity index (χ3n) is 2.97. The SMILES string of the molecule is CCc1cc(CC(NN)c2sccc2Cl)n(C)n1. The summed E-state index contributed by atoms with van der Waals surface area (Å²) in [6.45, 7) is 2.10. The minimum Gasteiger partial charge on any atom is -0.272 e. The van der Waals surface area contributed by atoms with E-state index in [1.165, 1.54) is 0 Å². The molecule has 0 aliphatic carbocycles. The lowest BCUT2D eigenvalue weighted by Crippen LogP contribution is -2.29. The molecular weight excluding hydrogens is 268 g/mol. The highest BCUT2D eigenvalue weighted by atomic mass is 35.5. The third-order valence-corrected chi connectivity index (χ3v) is 4.44. The van der Waals surface area contributed by atoms with Gasteiger partial charge in [-0.1, -0.05) is 18.5 Å². The van der Waals surface area contributed by atoms with E-state index >= 15 is 0 Å². The van der Waals surface area contributed by atoms with E-state index in [4.69, 9.17) is 17.4 Å². The number of nitrogens with two attached hydrogens (primary N) is 1. The van der Waals surface area contributed by atoms with E-state index in [-0.39, 0.29) is 6.04 Å². The Morgan fingerprint density at radius 3 is 2.89 bits per heavy atom. The summed E-state index contributed by atoms with van der Waals surface area (Å²) in [5.74, 6) is 5.64. The Hall–Kier alpha value is -0.880. The van der Waals surface area contributed by atoms with Crippen LogP contribution in [0, 0.1) is 0 Å². The number of halogens is 1. The van der Waals surface area contributed by atoms with Crippen molar-refractivity contribution in [1.82, 2.24) is 15.2 Å².